The van der Waals surface area contributed by atoms with E-state index >= 15 is 0 Å². The van der Waals surface area contributed by atoms with E-state index in [1.807, 2.05) is 40.9 Å². The van der Waals surface area contributed by atoms with Crippen LogP contribution in [0.2, 0.25) is 0 Å². The number of aromatic nitrogens is 2. The third kappa shape index (κ3) is 3.32. The molecule has 2 N–H and O–H groups in total. The number of fused-ring (bicyclic) bond motifs is 2. The summed E-state index contributed by atoms with van der Waals surface area (Å²) in [7, 11) is 1.97. The Kier molecular flexibility index (Phi) is 4.31. The lowest BCUT2D eigenvalue weighted by Gasteiger charge is -2.32. The Morgan fingerprint density at radius 1 is 1.44 bits per heavy atom. The number of nitrogens with zero attached hydrogens (tertiary/aromatic N) is 3. The van der Waals surface area contributed by atoms with Gasteiger partial charge in [-0.25, -0.2) is 0 Å². The van der Waals surface area contributed by atoms with Crippen molar-refractivity contribution < 1.29 is 9.53 Å². The Labute approximate surface area is 147 Å². The second-order valence-electron chi connectivity index (χ2n) is 6.55. The molecule has 2 aliphatic heterocycles. The Bertz CT molecular complexity index is 749. The summed E-state index contributed by atoms with van der Waals surface area (Å²) in [6, 6.07) is 9.83. The van der Waals surface area contributed by atoms with Crippen molar-refractivity contribution in [3.63, 3.8) is 0 Å². The summed E-state index contributed by atoms with van der Waals surface area (Å²) in [5.41, 5.74) is 3.07. The fourth-order valence-electron chi connectivity index (χ4n) is 3.35. The average Bonchev–Trinajstić information content (AvgIpc) is 2.89. The highest BCUT2D eigenvalue weighted by Gasteiger charge is 2.28. The largest absolute Gasteiger partial charge is 0.477 e. The number of para-hydroxylation sites is 2. The van der Waals surface area contributed by atoms with Crippen LogP contribution in [0.15, 0.2) is 30.3 Å². The maximum atomic E-state index is 12.5. The van der Waals surface area contributed by atoms with Crippen molar-refractivity contribution in [2.45, 2.75) is 32.2 Å². The number of ether oxygens (including phenoxy) is 1. The first-order valence-electron chi connectivity index (χ1n) is 8.71. The van der Waals surface area contributed by atoms with Crippen LogP contribution >= 0.6 is 0 Å². The number of nitrogens with one attached hydrogen (secondary N) is 2. The van der Waals surface area contributed by atoms with E-state index in [2.05, 4.69) is 21.8 Å². The molecule has 2 aliphatic rings. The van der Waals surface area contributed by atoms with Crippen molar-refractivity contribution in [3.8, 4) is 5.75 Å². The quantitative estimate of drug-likeness (QED) is 0.868. The van der Waals surface area contributed by atoms with Crippen LogP contribution in [0.4, 0.5) is 5.69 Å². The molecule has 1 atom stereocenters. The molecule has 4 rings (SSSR count). The lowest BCUT2D eigenvalue weighted by molar-refractivity contribution is -0.128. The van der Waals surface area contributed by atoms with Gasteiger partial charge in [-0.15, -0.1) is 0 Å². The van der Waals surface area contributed by atoms with Gasteiger partial charge in [0.15, 0.2) is 6.10 Å². The molecule has 7 heteroatoms. The number of hydrogen-bond acceptors (Lipinski definition) is 5. The van der Waals surface area contributed by atoms with E-state index in [1.54, 1.807) is 0 Å². The molecule has 3 heterocycles. The van der Waals surface area contributed by atoms with Gasteiger partial charge in [0.1, 0.15) is 5.75 Å². The molecule has 1 unspecified atom stereocenters. The Morgan fingerprint density at radius 2 is 2.32 bits per heavy atom. The minimum atomic E-state index is -0.512. The fraction of sp³-hybridized carbons (Fsp3) is 0.444. The SMILES string of the molecule is CN1CC(C(=O)NCc2cc3n(n2)CCCNC3)Oc2ccccc21. The summed E-state index contributed by atoms with van der Waals surface area (Å²) in [4.78, 5) is 14.6. The highest BCUT2D eigenvalue weighted by molar-refractivity contribution is 5.83. The van der Waals surface area contributed by atoms with Crippen molar-refractivity contribution in [2.24, 2.45) is 0 Å². The fourth-order valence-corrected chi connectivity index (χ4v) is 3.35. The summed E-state index contributed by atoms with van der Waals surface area (Å²) in [6.45, 7) is 3.72. The van der Waals surface area contributed by atoms with Crippen LogP contribution in [0.1, 0.15) is 17.8 Å². The third-order valence-electron chi connectivity index (χ3n) is 4.67. The summed E-state index contributed by atoms with van der Waals surface area (Å²) in [5, 5.41) is 10.9. The lowest BCUT2D eigenvalue weighted by Crippen LogP contribution is -2.47. The van der Waals surface area contributed by atoms with Crippen molar-refractivity contribution >= 4 is 11.6 Å². The minimum absolute atomic E-state index is 0.109. The topological polar surface area (TPSA) is 71.4 Å². The van der Waals surface area contributed by atoms with E-state index in [0.717, 1.165) is 43.2 Å². The minimum Gasteiger partial charge on any atom is -0.477 e. The number of hydrogen-bond donors (Lipinski definition) is 2. The number of benzene rings is 1. The maximum Gasteiger partial charge on any atom is 0.263 e. The summed E-state index contributed by atoms with van der Waals surface area (Å²) in [6.07, 6.45) is 0.560. The molecule has 1 amide bonds. The normalized spacial score (nSPS) is 19.4. The van der Waals surface area contributed by atoms with Crippen LogP contribution in [0.3, 0.4) is 0 Å². The van der Waals surface area contributed by atoms with Gasteiger partial charge >= 0.3 is 0 Å². The molecule has 7 nitrogen and oxygen atoms in total. The summed E-state index contributed by atoms with van der Waals surface area (Å²) < 4.78 is 7.89. The van der Waals surface area contributed by atoms with Gasteiger partial charge in [0, 0.05) is 20.1 Å². The molecule has 1 aromatic carbocycles. The number of likely N-dealkylation sites (N-methyl/N-ethyl adjacent to an activating group) is 1. The van der Waals surface area contributed by atoms with E-state index in [9.17, 15) is 4.79 Å². The molecule has 0 saturated heterocycles. The van der Waals surface area contributed by atoms with Crippen LogP contribution < -0.4 is 20.3 Å². The van der Waals surface area contributed by atoms with E-state index in [4.69, 9.17) is 4.74 Å². The number of rotatable bonds is 3. The maximum absolute atomic E-state index is 12.5. The smallest absolute Gasteiger partial charge is 0.263 e. The zero-order chi connectivity index (χ0) is 17.2. The molecule has 132 valence electrons. The van der Waals surface area contributed by atoms with Gasteiger partial charge in [-0.3, -0.25) is 9.48 Å². The first-order chi connectivity index (χ1) is 12.2. The van der Waals surface area contributed by atoms with E-state index in [1.165, 1.54) is 5.69 Å². The molecule has 2 aromatic rings. The Morgan fingerprint density at radius 3 is 3.24 bits per heavy atom. The second kappa shape index (κ2) is 6.76. The van der Waals surface area contributed by atoms with Gasteiger partial charge in [0.2, 0.25) is 0 Å². The van der Waals surface area contributed by atoms with Crippen LogP contribution in [-0.2, 0) is 24.4 Å². The Balaban J connectivity index is 1.38. The highest BCUT2D eigenvalue weighted by atomic mass is 16.5. The van der Waals surface area contributed by atoms with Gasteiger partial charge < -0.3 is 20.3 Å². The standard InChI is InChI=1S/C18H23N5O2/c1-22-12-17(25-16-6-3-2-5-15(16)22)18(24)20-10-13-9-14-11-19-7-4-8-23(14)21-13/h2-3,5-6,9,17,19H,4,7-8,10-12H2,1H3,(H,20,24). The second-order valence-corrected chi connectivity index (χ2v) is 6.55. The van der Waals surface area contributed by atoms with Gasteiger partial charge in [-0.05, 0) is 31.2 Å². The predicted octanol–water partition coefficient (Wildman–Crippen LogP) is 0.890. The van der Waals surface area contributed by atoms with E-state index in [0.29, 0.717) is 13.1 Å². The predicted molar refractivity (Wildman–Crippen MR) is 94.5 cm³/mol. The molecular formula is C18H23N5O2. The van der Waals surface area contributed by atoms with Crippen LogP contribution in [0, 0.1) is 0 Å². The highest BCUT2D eigenvalue weighted by Crippen LogP contribution is 2.31. The monoisotopic (exact) mass is 341 g/mol. The van der Waals surface area contributed by atoms with Crippen molar-refractivity contribution in [2.75, 3.05) is 25.0 Å². The molecule has 0 fully saturated rings. The lowest BCUT2D eigenvalue weighted by atomic mass is 10.2. The van der Waals surface area contributed by atoms with Gasteiger partial charge in [-0.1, -0.05) is 12.1 Å². The summed E-state index contributed by atoms with van der Waals surface area (Å²) >= 11 is 0. The number of carbonyl (C=O) groups excluding carboxylic acids is 1. The zero-order valence-electron chi connectivity index (χ0n) is 14.4. The van der Waals surface area contributed by atoms with Gasteiger partial charge in [0.05, 0.1) is 30.2 Å². The van der Waals surface area contributed by atoms with Crippen molar-refractivity contribution in [1.82, 2.24) is 20.4 Å². The van der Waals surface area contributed by atoms with Crippen LogP contribution in [0.25, 0.3) is 0 Å². The van der Waals surface area contributed by atoms with Gasteiger partial charge in [0.25, 0.3) is 5.91 Å². The average molecular weight is 341 g/mol. The number of anilines is 1. The van der Waals surface area contributed by atoms with Crippen molar-refractivity contribution in [3.05, 3.63) is 41.7 Å². The molecule has 0 aliphatic carbocycles. The van der Waals surface area contributed by atoms with E-state index < -0.39 is 6.10 Å². The van der Waals surface area contributed by atoms with Crippen molar-refractivity contribution in [1.29, 1.82) is 0 Å². The zero-order valence-corrected chi connectivity index (χ0v) is 14.4. The first-order valence-corrected chi connectivity index (χ1v) is 8.71. The van der Waals surface area contributed by atoms with E-state index in [-0.39, 0.29) is 5.91 Å². The molecule has 1 aromatic heterocycles. The Hall–Kier alpha value is -2.54. The first kappa shape index (κ1) is 16.0. The molecule has 25 heavy (non-hydrogen) atoms. The van der Waals surface area contributed by atoms with Gasteiger partial charge in [-0.2, -0.15) is 5.10 Å². The number of aryl methyl sites for hydroxylation is 1. The molecular weight excluding hydrogens is 318 g/mol. The molecule has 0 radical (unpaired) electrons. The number of carbonyl (C=O) groups is 1. The molecule has 0 saturated carbocycles. The van der Waals surface area contributed by atoms with Crippen LogP contribution in [0.5, 0.6) is 5.75 Å². The number of amides is 1. The molecule has 0 bridgehead atoms. The molecule has 0 spiro atoms. The third-order valence-corrected chi connectivity index (χ3v) is 4.67. The summed E-state index contributed by atoms with van der Waals surface area (Å²) in [5.74, 6) is 0.638. The van der Waals surface area contributed by atoms with Crippen LogP contribution in [-0.4, -0.2) is 41.9 Å².